The molecule has 9 nitrogen and oxygen atoms in total. The Morgan fingerprint density at radius 3 is 2.93 bits per heavy atom. The summed E-state index contributed by atoms with van der Waals surface area (Å²) in [4.78, 5) is 22.2. The van der Waals surface area contributed by atoms with Gasteiger partial charge < -0.3 is 15.0 Å². The van der Waals surface area contributed by atoms with Gasteiger partial charge in [0.05, 0.1) is 12.4 Å². The number of aromatic amines is 1. The van der Waals surface area contributed by atoms with Crippen molar-refractivity contribution in [3.05, 3.63) is 29.8 Å². The summed E-state index contributed by atoms with van der Waals surface area (Å²) >= 11 is 0. The Hall–Kier alpha value is -3.15. The van der Waals surface area contributed by atoms with Crippen LogP contribution >= 0.6 is 0 Å². The molecule has 1 saturated heterocycles. The van der Waals surface area contributed by atoms with Crippen LogP contribution in [0.5, 0.6) is 0 Å². The van der Waals surface area contributed by atoms with E-state index in [9.17, 15) is 4.79 Å². The van der Waals surface area contributed by atoms with Gasteiger partial charge in [-0.05, 0) is 31.6 Å². The molecule has 146 valence electrons. The van der Waals surface area contributed by atoms with Gasteiger partial charge in [-0.15, -0.1) is 0 Å². The van der Waals surface area contributed by atoms with Gasteiger partial charge >= 0.3 is 6.09 Å². The minimum atomic E-state index is -0.179. The van der Waals surface area contributed by atoms with Gasteiger partial charge in [0, 0.05) is 30.8 Å². The van der Waals surface area contributed by atoms with Gasteiger partial charge in [0.15, 0.2) is 11.5 Å². The van der Waals surface area contributed by atoms with Crippen LogP contribution in [-0.4, -0.2) is 50.4 Å². The molecule has 1 saturated carbocycles. The lowest BCUT2D eigenvalue weighted by atomic mass is 10.0. The highest BCUT2D eigenvalue weighted by Gasteiger charge is 2.32. The van der Waals surface area contributed by atoms with E-state index in [1.807, 2.05) is 17.0 Å². The van der Waals surface area contributed by atoms with E-state index in [1.54, 1.807) is 0 Å². The van der Waals surface area contributed by atoms with Gasteiger partial charge in [0.1, 0.15) is 18.0 Å². The molecule has 1 aliphatic heterocycles. The number of hydrogen-bond donors (Lipinski definition) is 2. The third kappa shape index (κ3) is 4.06. The molecule has 2 aromatic heterocycles. The van der Waals surface area contributed by atoms with E-state index in [0.717, 1.165) is 44.5 Å². The summed E-state index contributed by atoms with van der Waals surface area (Å²) < 4.78 is 5.71. The summed E-state index contributed by atoms with van der Waals surface area (Å²) in [5.41, 5.74) is 1.28. The molecular weight excluding hydrogens is 358 g/mol. The monoisotopic (exact) mass is 381 g/mol. The van der Waals surface area contributed by atoms with Gasteiger partial charge in [0.25, 0.3) is 0 Å². The first-order valence-electron chi connectivity index (χ1n) is 9.60. The molecule has 2 N–H and O–H groups in total. The number of anilines is 2. The van der Waals surface area contributed by atoms with Crippen molar-refractivity contribution in [1.82, 2.24) is 25.1 Å². The van der Waals surface area contributed by atoms with Crippen LogP contribution in [0.2, 0.25) is 0 Å². The minimum absolute atomic E-state index is 0.0440. The average Bonchev–Trinajstić information content (AvgIpc) is 3.43. The van der Waals surface area contributed by atoms with Crippen molar-refractivity contribution < 1.29 is 9.53 Å². The number of amides is 1. The maximum atomic E-state index is 12.3. The maximum Gasteiger partial charge on any atom is 0.410 e. The van der Waals surface area contributed by atoms with Gasteiger partial charge in [-0.2, -0.15) is 10.4 Å². The molecule has 1 unspecified atom stereocenters. The van der Waals surface area contributed by atoms with Crippen LogP contribution in [-0.2, 0) is 4.74 Å². The normalized spacial score (nSPS) is 24.1. The van der Waals surface area contributed by atoms with E-state index >= 15 is 0 Å². The molecule has 0 spiro atoms. The first kappa shape index (κ1) is 18.2. The first-order chi connectivity index (χ1) is 13.6. The van der Waals surface area contributed by atoms with Crippen molar-refractivity contribution in [2.75, 3.05) is 18.4 Å². The van der Waals surface area contributed by atoms with E-state index in [4.69, 9.17) is 10.00 Å². The SMILES string of the molecule is CC1CCN(C(=O)O[C@@H]2CC[C@H](c3cc(Nc4cnc(C#N)cn4)n[nH]3)C2)C1. The van der Waals surface area contributed by atoms with Gasteiger partial charge in [0.2, 0.25) is 0 Å². The standard InChI is InChI=1S/C19H23N7O2/c1-12-4-5-26(11-12)19(27)28-15-3-2-13(6-15)16-7-17(25-24-16)23-18-10-21-14(8-20)9-22-18/h7,9-10,12-13,15H,2-6,11H2,1H3,(H2,22,23,24,25)/t12?,13-,15+/m0/s1. The molecule has 1 amide bonds. The third-order valence-electron chi connectivity index (χ3n) is 5.39. The van der Waals surface area contributed by atoms with Gasteiger partial charge in [-0.1, -0.05) is 6.92 Å². The summed E-state index contributed by atoms with van der Waals surface area (Å²) in [6, 6.07) is 3.88. The molecule has 3 atom stereocenters. The predicted octanol–water partition coefficient (Wildman–Crippen LogP) is 2.93. The van der Waals surface area contributed by atoms with Crippen LogP contribution in [0.4, 0.5) is 16.4 Å². The number of carbonyl (C=O) groups is 1. The molecule has 0 aromatic carbocycles. The number of nitrogens with zero attached hydrogens (tertiary/aromatic N) is 5. The van der Waals surface area contributed by atoms with Crippen LogP contribution in [0.3, 0.4) is 0 Å². The minimum Gasteiger partial charge on any atom is -0.446 e. The molecule has 28 heavy (non-hydrogen) atoms. The van der Waals surface area contributed by atoms with E-state index < -0.39 is 0 Å². The van der Waals surface area contributed by atoms with E-state index in [2.05, 4.69) is 32.4 Å². The van der Waals surface area contributed by atoms with E-state index in [-0.39, 0.29) is 23.8 Å². The Labute approximate surface area is 163 Å². The number of aromatic nitrogens is 4. The van der Waals surface area contributed by atoms with Gasteiger partial charge in [-0.3, -0.25) is 5.10 Å². The highest BCUT2D eigenvalue weighted by atomic mass is 16.6. The topological polar surface area (TPSA) is 120 Å². The number of nitriles is 1. The molecule has 4 rings (SSSR count). The number of likely N-dealkylation sites (tertiary alicyclic amines) is 1. The number of rotatable bonds is 4. The molecular formula is C19H23N7O2. The molecule has 2 aliphatic rings. The van der Waals surface area contributed by atoms with Gasteiger partial charge in [-0.25, -0.2) is 14.8 Å². The second kappa shape index (κ2) is 7.84. The van der Waals surface area contributed by atoms with E-state index in [1.165, 1.54) is 12.4 Å². The van der Waals surface area contributed by atoms with Crippen LogP contribution in [0.1, 0.15) is 49.9 Å². The lowest BCUT2D eigenvalue weighted by molar-refractivity contribution is 0.0701. The van der Waals surface area contributed by atoms with Crippen LogP contribution in [0, 0.1) is 17.2 Å². The lowest BCUT2D eigenvalue weighted by Gasteiger charge is -2.19. The van der Waals surface area contributed by atoms with E-state index in [0.29, 0.717) is 17.6 Å². The Kier molecular flexibility index (Phi) is 5.10. The highest BCUT2D eigenvalue weighted by molar-refractivity contribution is 5.68. The second-order valence-electron chi connectivity index (χ2n) is 7.59. The smallest absolute Gasteiger partial charge is 0.410 e. The largest absolute Gasteiger partial charge is 0.446 e. The Bertz CT molecular complexity index is 873. The first-order valence-corrected chi connectivity index (χ1v) is 9.60. The molecule has 2 aromatic rings. The zero-order valence-electron chi connectivity index (χ0n) is 15.8. The lowest BCUT2D eigenvalue weighted by Crippen LogP contribution is -2.31. The summed E-state index contributed by atoms with van der Waals surface area (Å²) in [6.07, 6.45) is 6.35. The van der Waals surface area contributed by atoms with Crippen molar-refractivity contribution in [1.29, 1.82) is 5.26 Å². The molecule has 9 heteroatoms. The Balaban J connectivity index is 1.30. The zero-order chi connectivity index (χ0) is 19.5. The summed E-state index contributed by atoms with van der Waals surface area (Å²) in [5.74, 6) is 2.00. The molecule has 0 bridgehead atoms. The average molecular weight is 381 g/mol. The fraction of sp³-hybridized carbons (Fsp3) is 0.526. The Morgan fingerprint density at radius 1 is 1.32 bits per heavy atom. The van der Waals surface area contributed by atoms with Crippen LogP contribution in [0.25, 0.3) is 0 Å². The van der Waals surface area contributed by atoms with Crippen molar-refractivity contribution in [3.63, 3.8) is 0 Å². The number of H-pyrrole nitrogens is 1. The predicted molar refractivity (Wildman–Crippen MR) is 101 cm³/mol. The quantitative estimate of drug-likeness (QED) is 0.835. The maximum absolute atomic E-state index is 12.3. The zero-order valence-corrected chi connectivity index (χ0v) is 15.8. The summed E-state index contributed by atoms with van der Waals surface area (Å²) in [6.45, 7) is 3.75. The van der Waals surface area contributed by atoms with Crippen molar-refractivity contribution in [2.45, 2.75) is 44.6 Å². The van der Waals surface area contributed by atoms with Crippen molar-refractivity contribution in [2.24, 2.45) is 5.92 Å². The Morgan fingerprint density at radius 2 is 2.21 bits per heavy atom. The molecule has 0 radical (unpaired) electrons. The van der Waals surface area contributed by atoms with Crippen LogP contribution in [0.15, 0.2) is 18.5 Å². The number of carbonyl (C=O) groups excluding carboxylic acids is 1. The second-order valence-corrected chi connectivity index (χ2v) is 7.59. The number of ether oxygens (including phenoxy) is 1. The molecule has 2 fully saturated rings. The summed E-state index contributed by atoms with van der Waals surface area (Å²) in [5, 5.41) is 19.2. The number of nitrogens with one attached hydrogen (secondary N) is 2. The van der Waals surface area contributed by atoms with Crippen molar-refractivity contribution in [3.8, 4) is 6.07 Å². The third-order valence-corrected chi connectivity index (χ3v) is 5.39. The van der Waals surface area contributed by atoms with Crippen LogP contribution < -0.4 is 5.32 Å². The highest BCUT2D eigenvalue weighted by Crippen LogP contribution is 2.36. The van der Waals surface area contributed by atoms with Crippen molar-refractivity contribution >= 4 is 17.7 Å². The molecule has 3 heterocycles. The molecule has 1 aliphatic carbocycles. The fourth-order valence-corrected chi connectivity index (χ4v) is 3.84. The fourth-order valence-electron chi connectivity index (χ4n) is 3.84. The number of hydrogen-bond acceptors (Lipinski definition) is 7. The summed E-state index contributed by atoms with van der Waals surface area (Å²) in [7, 11) is 0.